The molecule has 0 unspecified atom stereocenters. The number of alkyl halides is 3. The van der Waals surface area contributed by atoms with Gasteiger partial charge in [0, 0.05) is 6.42 Å². The molecule has 1 aliphatic rings. The molecule has 1 rings (SSSR count). The number of rotatable bonds is 2. The normalized spacial score (nSPS) is 27.8. The van der Waals surface area contributed by atoms with Gasteiger partial charge in [0.05, 0.1) is 19.2 Å². The third-order valence-electron chi connectivity index (χ3n) is 2.21. The molecule has 1 fully saturated rings. The van der Waals surface area contributed by atoms with E-state index in [1.54, 1.807) is 0 Å². The predicted molar refractivity (Wildman–Crippen MR) is 47.5 cm³/mol. The monoisotopic (exact) mass is 227 g/mol. The number of likely N-dealkylation sites (tertiary alicyclic amines) is 1. The first-order chi connectivity index (χ1) is 6.37. The van der Waals surface area contributed by atoms with E-state index < -0.39 is 42.8 Å². The summed E-state index contributed by atoms with van der Waals surface area (Å²) in [5.41, 5.74) is 0. The van der Waals surface area contributed by atoms with E-state index in [1.165, 1.54) is 6.92 Å². The Hall–Kier alpha value is -0.420. The molecule has 2 atom stereocenters. The van der Waals surface area contributed by atoms with Gasteiger partial charge < -0.3 is 10.0 Å². The number of amides is 1. The number of aliphatic hydroxyl groups is 1. The van der Waals surface area contributed by atoms with Crippen LogP contribution in [0.5, 0.6) is 0 Å². The quantitative estimate of drug-likeness (QED) is 0.711. The fourth-order valence-electron chi connectivity index (χ4n) is 1.55. The Balaban J connectivity index is 2.73. The van der Waals surface area contributed by atoms with Gasteiger partial charge in [0.15, 0.2) is 0 Å². The van der Waals surface area contributed by atoms with E-state index in [-0.39, 0.29) is 0 Å². The van der Waals surface area contributed by atoms with Crippen molar-refractivity contribution < 1.29 is 18.7 Å². The van der Waals surface area contributed by atoms with Crippen LogP contribution in [0.2, 0.25) is 0 Å². The first kappa shape index (κ1) is 11.7. The Bertz CT molecular complexity index is 235. The largest absolute Gasteiger partial charge is 0.394 e. The summed E-state index contributed by atoms with van der Waals surface area (Å²) in [4.78, 5) is 12.3. The molecule has 0 aliphatic carbocycles. The van der Waals surface area contributed by atoms with E-state index in [0.717, 1.165) is 4.90 Å². The van der Waals surface area contributed by atoms with E-state index in [1.807, 2.05) is 0 Å². The average molecular weight is 228 g/mol. The summed E-state index contributed by atoms with van der Waals surface area (Å²) in [6.45, 7) is 0.327. The molecule has 1 saturated heterocycles. The molecular formula is C8H12ClF2NO2. The number of nitrogens with zero attached hydrogens (tertiary/aromatic N) is 1. The van der Waals surface area contributed by atoms with Crippen LogP contribution in [0.25, 0.3) is 0 Å². The summed E-state index contributed by atoms with van der Waals surface area (Å²) in [6.07, 6.45) is -0.487. The highest BCUT2D eigenvalue weighted by Gasteiger charge is 2.47. The van der Waals surface area contributed by atoms with Gasteiger partial charge in [-0.1, -0.05) is 0 Å². The van der Waals surface area contributed by atoms with Gasteiger partial charge in [-0.15, -0.1) is 11.6 Å². The minimum atomic E-state index is -2.91. The van der Waals surface area contributed by atoms with Crippen LogP contribution in [0.15, 0.2) is 0 Å². The minimum Gasteiger partial charge on any atom is -0.394 e. The first-order valence-electron chi connectivity index (χ1n) is 4.30. The van der Waals surface area contributed by atoms with Crippen LogP contribution < -0.4 is 0 Å². The van der Waals surface area contributed by atoms with Crippen LogP contribution >= 0.6 is 11.6 Å². The molecule has 0 aromatic heterocycles. The van der Waals surface area contributed by atoms with Gasteiger partial charge in [0.1, 0.15) is 5.38 Å². The molecule has 1 N–H and O–H groups in total. The fraction of sp³-hybridized carbons (Fsp3) is 0.875. The molecular weight excluding hydrogens is 216 g/mol. The lowest BCUT2D eigenvalue weighted by molar-refractivity contribution is -0.133. The van der Waals surface area contributed by atoms with E-state index in [9.17, 15) is 13.6 Å². The fourth-order valence-corrected chi connectivity index (χ4v) is 1.67. The number of hydrogen-bond donors (Lipinski definition) is 1. The van der Waals surface area contributed by atoms with Gasteiger partial charge in [-0.3, -0.25) is 4.79 Å². The van der Waals surface area contributed by atoms with Crippen molar-refractivity contribution in [3.63, 3.8) is 0 Å². The van der Waals surface area contributed by atoms with Crippen LogP contribution in [-0.4, -0.2) is 46.4 Å². The summed E-state index contributed by atoms with van der Waals surface area (Å²) in [5.74, 6) is -3.46. The molecule has 0 saturated carbocycles. The Morgan fingerprint density at radius 3 is 2.79 bits per heavy atom. The van der Waals surface area contributed by atoms with E-state index in [4.69, 9.17) is 16.7 Å². The zero-order valence-electron chi connectivity index (χ0n) is 7.71. The molecule has 82 valence electrons. The second-order valence-electron chi connectivity index (χ2n) is 3.48. The van der Waals surface area contributed by atoms with Crippen LogP contribution in [-0.2, 0) is 4.79 Å². The van der Waals surface area contributed by atoms with Crippen LogP contribution in [0.1, 0.15) is 13.3 Å². The minimum absolute atomic E-state index is 0.453. The molecule has 14 heavy (non-hydrogen) atoms. The molecule has 0 bridgehead atoms. The predicted octanol–water partition coefficient (Wildman–Crippen LogP) is 0.842. The van der Waals surface area contributed by atoms with Crippen molar-refractivity contribution in [3.05, 3.63) is 0 Å². The summed E-state index contributed by atoms with van der Waals surface area (Å²) in [6, 6.07) is -0.807. The van der Waals surface area contributed by atoms with E-state index in [2.05, 4.69) is 0 Å². The third kappa shape index (κ3) is 2.33. The second kappa shape index (κ2) is 3.98. The number of carbonyl (C=O) groups is 1. The van der Waals surface area contributed by atoms with Crippen molar-refractivity contribution in [1.29, 1.82) is 0 Å². The zero-order chi connectivity index (χ0) is 10.9. The standard InChI is InChI=1S/C8H12ClF2NO2/c1-5(9)7(14)12-4-8(10,11)2-6(12)3-13/h5-6,13H,2-4H2,1H3/t5-,6-/m1/s1. The Kier molecular flexibility index (Phi) is 3.32. The first-order valence-corrected chi connectivity index (χ1v) is 4.74. The van der Waals surface area contributed by atoms with Crippen molar-refractivity contribution in [2.75, 3.05) is 13.2 Å². The van der Waals surface area contributed by atoms with Gasteiger partial charge >= 0.3 is 0 Å². The maximum absolute atomic E-state index is 12.9. The highest BCUT2D eigenvalue weighted by molar-refractivity contribution is 6.30. The second-order valence-corrected chi connectivity index (χ2v) is 4.13. The third-order valence-corrected chi connectivity index (χ3v) is 2.40. The zero-order valence-corrected chi connectivity index (χ0v) is 8.47. The molecule has 3 nitrogen and oxygen atoms in total. The Morgan fingerprint density at radius 1 is 1.79 bits per heavy atom. The highest BCUT2D eigenvalue weighted by atomic mass is 35.5. The van der Waals surface area contributed by atoms with Gasteiger partial charge in [-0.25, -0.2) is 8.78 Å². The van der Waals surface area contributed by atoms with Crippen molar-refractivity contribution in [3.8, 4) is 0 Å². The number of carbonyl (C=O) groups excluding carboxylic acids is 1. The molecule has 0 radical (unpaired) electrons. The molecule has 0 aromatic rings. The lowest BCUT2D eigenvalue weighted by Gasteiger charge is -2.23. The summed E-state index contributed by atoms with van der Waals surface area (Å²) >= 11 is 5.51. The number of hydrogen-bond acceptors (Lipinski definition) is 2. The SMILES string of the molecule is C[C@@H](Cl)C(=O)N1CC(F)(F)C[C@@H]1CO. The van der Waals surface area contributed by atoms with E-state index in [0.29, 0.717) is 0 Å². The maximum atomic E-state index is 12.9. The lowest BCUT2D eigenvalue weighted by atomic mass is 10.2. The number of aliphatic hydroxyl groups excluding tert-OH is 1. The van der Waals surface area contributed by atoms with Gasteiger partial charge in [0.25, 0.3) is 5.92 Å². The highest BCUT2D eigenvalue weighted by Crippen LogP contribution is 2.32. The van der Waals surface area contributed by atoms with Crippen molar-refractivity contribution in [2.24, 2.45) is 0 Å². The van der Waals surface area contributed by atoms with E-state index >= 15 is 0 Å². The maximum Gasteiger partial charge on any atom is 0.267 e. The van der Waals surface area contributed by atoms with Crippen molar-refractivity contribution in [2.45, 2.75) is 30.7 Å². The summed E-state index contributed by atoms with van der Waals surface area (Å²) in [5, 5.41) is 7.99. The topological polar surface area (TPSA) is 40.5 Å². The molecule has 1 aliphatic heterocycles. The van der Waals surface area contributed by atoms with Gasteiger partial charge in [-0.05, 0) is 6.92 Å². The van der Waals surface area contributed by atoms with Crippen molar-refractivity contribution >= 4 is 17.5 Å². The lowest BCUT2D eigenvalue weighted by Crippen LogP contribution is -2.41. The molecule has 0 aromatic carbocycles. The Labute approximate surface area is 85.6 Å². The molecule has 6 heteroatoms. The summed E-state index contributed by atoms with van der Waals surface area (Å²) in [7, 11) is 0. The van der Waals surface area contributed by atoms with Gasteiger partial charge in [-0.2, -0.15) is 0 Å². The van der Waals surface area contributed by atoms with Crippen LogP contribution in [0, 0.1) is 0 Å². The molecule has 1 amide bonds. The number of halogens is 3. The van der Waals surface area contributed by atoms with Crippen LogP contribution in [0.3, 0.4) is 0 Å². The summed E-state index contributed by atoms with van der Waals surface area (Å²) < 4.78 is 25.8. The van der Waals surface area contributed by atoms with Gasteiger partial charge in [0.2, 0.25) is 5.91 Å². The molecule has 1 heterocycles. The van der Waals surface area contributed by atoms with Crippen molar-refractivity contribution in [1.82, 2.24) is 4.90 Å². The smallest absolute Gasteiger partial charge is 0.267 e. The average Bonchev–Trinajstić information content (AvgIpc) is 2.39. The van der Waals surface area contributed by atoms with Crippen LogP contribution in [0.4, 0.5) is 8.78 Å². The Morgan fingerprint density at radius 2 is 2.36 bits per heavy atom. The molecule has 0 spiro atoms.